The van der Waals surface area contributed by atoms with E-state index in [1.165, 1.54) is 5.56 Å². The zero-order valence-electron chi connectivity index (χ0n) is 8.18. The van der Waals surface area contributed by atoms with Gasteiger partial charge in [-0.3, -0.25) is 0 Å². The summed E-state index contributed by atoms with van der Waals surface area (Å²) in [6.45, 7) is 4.34. The van der Waals surface area contributed by atoms with Crippen LogP contribution in [0.25, 0.3) is 0 Å². The summed E-state index contributed by atoms with van der Waals surface area (Å²) < 4.78 is 0. The topological polar surface area (TPSA) is 12.0 Å². The van der Waals surface area contributed by atoms with E-state index in [2.05, 4.69) is 31.3 Å². The van der Waals surface area contributed by atoms with E-state index in [9.17, 15) is 0 Å². The Labute approximate surface area is 85.1 Å². The van der Waals surface area contributed by atoms with Gasteiger partial charge in [-0.15, -0.1) is 11.6 Å². The number of halogens is 1. The van der Waals surface area contributed by atoms with Gasteiger partial charge in [0.25, 0.3) is 0 Å². The maximum Gasteiger partial charge on any atom is 0.0494 e. The molecule has 1 rings (SSSR count). The van der Waals surface area contributed by atoms with Crippen molar-refractivity contribution in [2.24, 2.45) is 0 Å². The number of rotatable bonds is 4. The lowest BCUT2D eigenvalue weighted by Crippen LogP contribution is -2.14. The van der Waals surface area contributed by atoms with Crippen molar-refractivity contribution in [3.8, 4) is 0 Å². The first-order valence-electron chi connectivity index (χ1n) is 4.68. The summed E-state index contributed by atoms with van der Waals surface area (Å²) >= 11 is 5.82. The summed E-state index contributed by atoms with van der Waals surface area (Å²) in [6, 6.07) is 8.67. The molecule has 1 unspecified atom stereocenters. The average molecular weight is 198 g/mol. The van der Waals surface area contributed by atoms with Crippen LogP contribution in [-0.4, -0.2) is 6.04 Å². The molecule has 13 heavy (non-hydrogen) atoms. The van der Waals surface area contributed by atoms with Gasteiger partial charge in [0.05, 0.1) is 0 Å². The van der Waals surface area contributed by atoms with E-state index in [1.54, 1.807) is 0 Å². The first-order valence-corrected chi connectivity index (χ1v) is 5.21. The van der Waals surface area contributed by atoms with E-state index in [1.807, 2.05) is 12.1 Å². The van der Waals surface area contributed by atoms with Crippen LogP contribution in [0.5, 0.6) is 0 Å². The number of benzene rings is 1. The Bertz CT molecular complexity index is 260. The summed E-state index contributed by atoms with van der Waals surface area (Å²) in [7, 11) is 0. The molecule has 0 aromatic heterocycles. The third kappa shape index (κ3) is 2.92. The molecule has 1 atom stereocenters. The SMILES string of the molecule is CCC(C)Nc1ccccc1CCl. The van der Waals surface area contributed by atoms with Crippen LogP contribution < -0.4 is 5.32 Å². The van der Waals surface area contributed by atoms with Gasteiger partial charge in [-0.1, -0.05) is 25.1 Å². The molecule has 72 valence electrons. The quantitative estimate of drug-likeness (QED) is 0.727. The fourth-order valence-corrected chi connectivity index (χ4v) is 1.38. The van der Waals surface area contributed by atoms with Crippen LogP contribution in [0.15, 0.2) is 24.3 Å². The Kier molecular flexibility index (Phi) is 4.10. The minimum Gasteiger partial charge on any atom is -0.382 e. The van der Waals surface area contributed by atoms with Gasteiger partial charge >= 0.3 is 0 Å². The van der Waals surface area contributed by atoms with Crippen LogP contribution in [0.2, 0.25) is 0 Å². The molecule has 0 aliphatic carbocycles. The molecule has 0 saturated heterocycles. The van der Waals surface area contributed by atoms with Crippen LogP contribution in [0.3, 0.4) is 0 Å². The molecule has 1 aromatic carbocycles. The van der Waals surface area contributed by atoms with E-state index in [-0.39, 0.29) is 0 Å². The predicted molar refractivity (Wildman–Crippen MR) is 59.4 cm³/mol. The summed E-state index contributed by atoms with van der Waals surface area (Å²) in [6.07, 6.45) is 1.12. The van der Waals surface area contributed by atoms with Gasteiger partial charge < -0.3 is 5.32 Å². The van der Waals surface area contributed by atoms with Gasteiger partial charge in [0, 0.05) is 17.6 Å². The second-order valence-corrected chi connectivity index (χ2v) is 3.51. The van der Waals surface area contributed by atoms with Crippen molar-refractivity contribution in [2.45, 2.75) is 32.2 Å². The minimum atomic E-state index is 0.504. The first kappa shape index (κ1) is 10.4. The minimum absolute atomic E-state index is 0.504. The van der Waals surface area contributed by atoms with Gasteiger partial charge in [-0.25, -0.2) is 0 Å². The van der Waals surface area contributed by atoms with Crippen molar-refractivity contribution < 1.29 is 0 Å². The highest BCUT2D eigenvalue weighted by atomic mass is 35.5. The summed E-state index contributed by atoms with van der Waals surface area (Å²) in [5, 5.41) is 3.43. The van der Waals surface area contributed by atoms with Crippen molar-refractivity contribution in [2.75, 3.05) is 5.32 Å². The number of anilines is 1. The van der Waals surface area contributed by atoms with E-state index in [0.717, 1.165) is 12.1 Å². The van der Waals surface area contributed by atoms with Crippen LogP contribution in [0.4, 0.5) is 5.69 Å². The van der Waals surface area contributed by atoms with E-state index in [0.29, 0.717) is 11.9 Å². The normalized spacial score (nSPS) is 12.5. The third-order valence-electron chi connectivity index (χ3n) is 2.18. The highest BCUT2D eigenvalue weighted by molar-refractivity contribution is 6.17. The van der Waals surface area contributed by atoms with Crippen molar-refractivity contribution in [1.82, 2.24) is 0 Å². The zero-order chi connectivity index (χ0) is 9.68. The maximum atomic E-state index is 5.82. The Morgan fingerprint density at radius 2 is 2.08 bits per heavy atom. The second-order valence-electron chi connectivity index (χ2n) is 3.24. The van der Waals surface area contributed by atoms with Crippen molar-refractivity contribution in [3.05, 3.63) is 29.8 Å². The Morgan fingerprint density at radius 1 is 1.38 bits per heavy atom. The number of hydrogen-bond donors (Lipinski definition) is 1. The predicted octanol–water partition coefficient (Wildman–Crippen LogP) is 3.64. The molecule has 0 saturated carbocycles. The molecular weight excluding hydrogens is 182 g/mol. The lowest BCUT2D eigenvalue weighted by molar-refractivity contribution is 0.763. The molecule has 0 fully saturated rings. The van der Waals surface area contributed by atoms with Gasteiger partial charge in [-0.2, -0.15) is 0 Å². The fourth-order valence-electron chi connectivity index (χ4n) is 1.15. The molecular formula is C11H16ClN. The molecule has 0 bridgehead atoms. The molecule has 0 radical (unpaired) electrons. The van der Waals surface area contributed by atoms with Crippen LogP contribution in [0.1, 0.15) is 25.8 Å². The number of alkyl halides is 1. The molecule has 1 aromatic rings. The largest absolute Gasteiger partial charge is 0.382 e. The average Bonchev–Trinajstić information content (AvgIpc) is 2.18. The third-order valence-corrected chi connectivity index (χ3v) is 2.46. The number of hydrogen-bond acceptors (Lipinski definition) is 1. The number of para-hydroxylation sites is 1. The maximum absolute atomic E-state index is 5.82. The molecule has 2 heteroatoms. The van der Waals surface area contributed by atoms with E-state index in [4.69, 9.17) is 11.6 Å². The Morgan fingerprint density at radius 3 is 2.69 bits per heavy atom. The van der Waals surface area contributed by atoms with Crippen LogP contribution in [-0.2, 0) is 5.88 Å². The molecule has 0 amide bonds. The standard InChI is InChI=1S/C11H16ClN/c1-3-9(2)13-11-7-5-4-6-10(11)8-12/h4-7,9,13H,3,8H2,1-2H3. The fraction of sp³-hybridized carbons (Fsp3) is 0.455. The number of nitrogens with one attached hydrogen (secondary N) is 1. The molecule has 0 aliphatic heterocycles. The highest BCUT2D eigenvalue weighted by Gasteiger charge is 2.02. The first-order chi connectivity index (χ1) is 6.27. The second kappa shape index (κ2) is 5.13. The molecule has 1 N–H and O–H groups in total. The van der Waals surface area contributed by atoms with Crippen LogP contribution in [0, 0.1) is 0 Å². The summed E-state index contributed by atoms with van der Waals surface area (Å²) in [5.74, 6) is 0.569. The smallest absolute Gasteiger partial charge is 0.0494 e. The summed E-state index contributed by atoms with van der Waals surface area (Å²) in [5.41, 5.74) is 2.33. The molecule has 0 spiro atoms. The highest BCUT2D eigenvalue weighted by Crippen LogP contribution is 2.18. The molecule has 1 nitrogen and oxygen atoms in total. The zero-order valence-corrected chi connectivity index (χ0v) is 8.93. The van der Waals surface area contributed by atoms with Crippen molar-refractivity contribution in [1.29, 1.82) is 0 Å². The van der Waals surface area contributed by atoms with Crippen LogP contribution >= 0.6 is 11.6 Å². The van der Waals surface area contributed by atoms with Crippen molar-refractivity contribution >= 4 is 17.3 Å². The monoisotopic (exact) mass is 197 g/mol. The van der Waals surface area contributed by atoms with E-state index < -0.39 is 0 Å². The summed E-state index contributed by atoms with van der Waals surface area (Å²) in [4.78, 5) is 0. The van der Waals surface area contributed by atoms with E-state index >= 15 is 0 Å². The lowest BCUT2D eigenvalue weighted by Gasteiger charge is -2.15. The lowest BCUT2D eigenvalue weighted by atomic mass is 10.1. The Hall–Kier alpha value is -0.690. The van der Waals surface area contributed by atoms with Gasteiger partial charge in [0.15, 0.2) is 0 Å². The molecule has 0 aliphatic rings. The van der Waals surface area contributed by atoms with Gasteiger partial charge in [0.1, 0.15) is 0 Å². The Balaban J connectivity index is 2.74. The van der Waals surface area contributed by atoms with Crippen molar-refractivity contribution in [3.63, 3.8) is 0 Å². The van der Waals surface area contributed by atoms with Gasteiger partial charge in [0.2, 0.25) is 0 Å². The van der Waals surface area contributed by atoms with Gasteiger partial charge in [-0.05, 0) is 25.0 Å². The molecule has 0 heterocycles.